The number of rotatable bonds is 3. The fourth-order valence-electron chi connectivity index (χ4n) is 2.22. The molecular formula is C16H19N5OS. The number of carbonyl (C=O) groups is 1. The maximum Gasteiger partial charge on any atom is 0.243 e. The molecule has 0 unspecified atom stereocenters. The highest BCUT2D eigenvalue weighted by Gasteiger charge is 2.28. The summed E-state index contributed by atoms with van der Waals surface area (Å²) in [6, 6.07) is 3.29. The van der Waals surface area contributed by atoms with E-state index in [-0.39, 0.29) is 11.3 Å². The lowest BCUT2D eigenvalue weighted by atomic mass is 9.87. The van der Waals surface area contributed by atoms with Crippen molar-refractivity contribution in [2.24, 2.45) is 11.1 Å². The second-order valence-electron chi connectivity index (χ2n) is 6.47. The van der Waals surface area contributed by atoms with Crippen LogP contribution >= 0.6 is 11.3 Å². The molecule has 3 aromatic heterocycles. The summed E-state index contributed by atoms with van der Waals surface area (Å²) in [5, 5.41) is 6.27. The Bertz CT molecular complexity index is 845. The number of pyridine rings is 1. The Hall–Kier alpha value is -2.25. The lowest BCUT2D eigenvalue weighted by Crippen LogP contribution is -2.45. The zero-order valence-electron chi connectivity index (χ0n) is 13.3. The van der Waals surface area contributed by atoms with E-state index in [9.17, 15) is 4.79 Å². The van der Waals surface area contributed by atoms with Crippen molar-refractivity contribution in [3.8, 4) is 11.3 Å². The number of fused-ring (bicyclic) bond motifs is 1. The van der Waals surface area contributed by atoms with Crippen LogP contribution < -0.4 is 11.1 Å². The molecule has 7 heteroatoms. The summed E-state index contributed by atoms with van der Waals surface area (Å²) in [4.78, 5) is 24.0. The minimum atomic E-state index is -0.591. The molecule has 3 heterocycles. The van der Waals surface area contributed by atoms with Gasteiger partial charge < -0.3 is 16.0 Å². The summed E-state index contributed by atoms with van der Waals surface area (Å²) in [7, 11) is 0. The average Bonchev–Trinajstić information content (AvgIpc) is 3.13. The number of carbonyl (C=O) groups excluding carboxylic acids is 1. The quantitative estimate of drug-likeness (QED) is 0.688. The van der Waals surface area contributed by atoms with Crippen LogP contribution in [0.4, 0.5) is 5.13 Å². The Balaban J connectivity index is 1.84. The molecular weight excluding hydrogens is 310 g/mol. The predicted molar refractivity (Wildman–Crippen MR) is 93.3 cm³/mol. The highest BCUT2D eigenvalue weighted by atomic mass is 32.1. The van der Waals surface area contributed by atoms with E-state index >= 15 is 0 Å². The first-order valence-corrected chi connectivity index (χ1v) is 8.18. The molecule has 0 saturated heterocycles. The molecule has 6 nitrogen and oxygen atoms in total. The normalized spacial score (nSPS) is 13.2. The van der Waals surface area contributed by atoms with Gasteiger partial charge in [0.1, 0.15) is 5.65 Å². The van der Waals surface area contributed by atoms with E-state index in [1.54, 1.807) is 6.20 Å². The first-order chi connectivity index (χ1) is 10.9. The van der Waals surface area contributed by atoms with E-state index in [1.807, 2.05) is 44.5 Å². The first-order valence-electron chi connectivity index (χ1n) is 7.31. The molecule has 0 saturated carbocycles. The van der Waals surface area contributed by atoms with Crippen molar-refractivity contribution in [1.82, 2.24) is 15.0 Å². The van der Waals surface area contributed by atoms with Crippen LogP contribution in [0, 0.1) is 5.41 Å². The van der Waals surface area contributed by atoms with Crippen LogP contribution in [0.2, 0.25) is 0 Å². The number of aromatic nitrogens is 3. The van der Waals surface area contributed by atoms with Gasteiger partial charge in [0.15, 0.2) is 5.13 Å². The van der Waals surface area contributed by atoms with Crippen molar-refractivity contribution in [3.63, 3.8) is 0 Å². The van der Waals surface area contributed by atoms with Crippen LogP contribution in [0.5, 0.6) is 0 Å². The maximum absolute atomic E-state index is 12.2. The third-order valence-electron chi connectivity index (χ3n) is 3.69. The summed E-state index contributed by atoms with van der Waals surface area (Å²) in [6.07, 6.45) is 3.58. The number of H-pyrrole nitrogens is 1. The zero-order valence-corrected chi connectivity index (χ0v) is 14.1. The van der Waals surface area contributed by atoms with Crippen molar-refractivity contribution in [3.05, 3.63) is 29.9 Å². The average molecular weight is 329 g/mol. The summed E-state index contributed by atoms with van der Waals surface area (Å²) >= 11 is 1.38. The Morgan fingerprint density at radius 1 is 1.39 bits per heavy atom. The van der Waals surface area contributed by atoms with Gasteiger partial charge in [-0.1, -0.05) is 20.8 Å². The minimum absolute atomic E-state index is 0.222. The van der Waals surface area contributed by atoms with Crippen molar-refractivity contribution in [1.29, 1.82) is 0 Å². The Kier molecular flexibility index (Phi) is 3.91. The van der Waals surface area contributed by atoms with Gasteiger partial charge in [0.2, 0.25) is 5.91 Å². The molecule has 1 atom stereocenters. The highest BCUT2D eigenvalue weighted by Crippen LogP contribution is 2.30. The summed E-state index contributed by atoms with van der Waals surface area (Å²) in [5.41, 5.74) is 8.28. The molecule has 0 aliphatic carbocycles. The van der Waals surface area contributed by atoms with Gasteiger partial charge in [-0.2, -0.15) is 0 Å². The molecule has 0 fully saturated rings. The zero-order chi connectivity index (χ0) is 16.6. The van der Waals surface area contributed by atoms with E-state index in [2.05, 4.69) is 20.3 Å². The number of thiazole rings is 1. The molecule has 1 amide bonds. The molecule has 0 radical (unpaired) electrons. The van der Waals surface area contributed by atoms with E-state index in [0.29, 0.717) is 5.13 Å². The van der Waals surface area contributed by atoms with Crippen LogP contribution in [-0.2, 0) is 4.79 Å². The van der Waals surface area contributed by atoms with Crippen LogP contribution in [0.1, 0.15) is 20.8 Å². The van der Waals surface area contributed by atoms with E-state index in [4.69, 9.17) is 5.73 Å². The van der Waals surface area contributed by atoms with Crippen molar-refractivity contribution in [2.75, 3.05) is 5.32 Å². The van der Waals surface area contributed by atoms with Gasteiger partial charge in [0.05, 0.1) is 11.7 Å². The molecule has 0 spiro atoms. The number of nitrogens with zero attached hydrogens (tertiary/aromatic N) is 2. The number of nitrogens with one attached hydrogen (secondary N) is 2. The van der Waals surface area contributed by atoms with Crippen LogP contribution in [0.15, 0.2) is 29.9 Å². The Labute approximate surface area is 138 Å². The monoisotopic (exact) mass is 329 g/mol. The molecule has 0 aliphatic heterocycles. The van der Waals surface area contributed by atoms with Gasteiger partial charge in [-0.05, 0) is 17.5 Å². The second-order valence-corrected chi connectivity index (χ2v) is 7.33. The third kappa shape index (κ3) is 3.11. The molecule has 120 valence electrons. The fraction of sp³-hybridized carbons (Fsp3) is 0.312. The van der Waals surface area contributed by atoms with Gasteiger partial charge in [-0.3, -0.25) is 4.79 Å². The maximum atomic E-state index is 12.2. The number of anilines is 1. The minimum Gasteiger partial charge on any atom is -0.346 e. The van der Waals surface area contributed by atoms with Gasteiger partial charge in [-0.15, -0.1) is 11.3 Å². The van der Waals surface area contributed by atoms with E-state index in [0.717, 1.165) is 22.3 Å². The first kappa shape index (κ1) is 15.6. The Morgan fingerprint density at radius 3 is 2.91 bits per heavy atom. The summed E-state index contributed by atoms with van der Waals surface area (Å²) in [6.45, 7) is 5.80. The fourth-order valence-corrected chi connectivity index (χ4v) is 2.93. The van der Waals surface area contributed by atoms with Crippen molar-refractivity contribution < 1.29 is 4.79 Å². The van der Waals surface area contributed by atoms with Crippen molar-refractivity contribution in [2.45, 2.75) is 26.8 Å². The lowest BCUT2D eigenvalue weighted by Gasteiger charge is -2.25. The second kappa shape index (κ2) is 5.75. The topological polar surface area (TPSA) is 96.7 Å². The number of amides is 1. The SMILES string of the molecule is CC(C)(C)[C@@H](N)C(=O)Nc1nc(-c2ccnc3[nH]ccc23)cs1. The Morgan fingerprint density at radius 2 is 2.17 bits per heavy atom. The molecule has 3 rings (SSSR count). The van der Waals surface area contributed by atoms with Gasteiger partial charge in [-0.25, -0.2) is 9.97 Å². The molecule has 4 N–H and O–H groups in total. The predicted octanol–water partition coefficient (Wildman–Crippen LogP) is 3.00. The van der Waals surface area contributed by atoms with Crippen LogP contribution in [-0.4, -0.2) is 26.9 Å². The van der Waals surface area contributed by atoms with Crippen molar-refractivity contribution >= 4 is 33.4 Å². The number of hydrogen-bond donors (Lipinski definition) is 3. The van der Waals surface area contributed by atoms with Gasteiger partial charge in [0.25, 0.3) is 0 Å². The molecule has 0 aliphatic rings. The van der Waals surface area contributed by atoms with Gasteiger partial charge >= 0.3 is 0 Å². The highest BCUT2D eigenvalue weighted by molar-refractivity contribution is 7.14. The lowest BCUT2D eigenvalue weighted by molar-refractivity contribution is -0.119. The van der Waals surface area contributed by atoms with Crippen LogP contribution in [0.3, 0.4) is 0 Å². The molecule has 23 heavy (non-hydrogen) atoms. The number of hydrogen-bond acceptors (Lipinski definition) is 5. The largest absolute Gasteiger partial charge is 0.346 e. The summed E-state index contributed by atoms with van der Waals surface area (Å²) in [5.74, 6) is -0.222. The number of nitrogens with two attached hydrogens (primary N) is 1. The smallest absolute Gasteiger partial charge is 0.243 e. The van der Waals surface area contributed by atoms with E-state index < -0.39 is 6.04 Å². The van der Waals surface area contributed by atoms with Gasteiger partial charge in [0, 0.05) is 28.7 Å². The number of aromatic amines is 1. The third-order valence-corrected chi connectivity index (χ3v) is 4.44. The molecule has 3 aromatic rings. The standard InChI is InChI=1S/C16H19N5OS/c1-16(2,3)12(17)14(22)21-15-20-11(8-23-15)9-4-6-18-13-10(9)5-7-19-13/h4-8,12H,17H2,1-3H3,(H,18,19)(H,20,21,22)/t12-/m0/s1. The van der Waals surface area contributed by atoms with Crippen LogP contribution in [0.25, 0.3) is 22.3 Å². The summed E-state index contributed by atoms with van der Waals surface area (Å²) < 4.78 is 0. The molecule has 0 aromatic carbocycles. The van der Waals surface area contributed by atoms with E-state index in [1.165, 1.54) is 11.3 Å². The molecule has 0 bridgehead atoms.